The minimum absolute atomic E-state index is 0.141. The first-order valence-electron chi connectivity index (χ1n) is 8.96. The molecular weight excluding hydrogens is 328 g/mol. The number of pyridine rings is 1. The Labute approximate surface area is 154 Å². The second-order valence-electron chi connectivity index (χ2n) is 6.98. The molecule has 0 saturated carbocycles. The fourth-order valence-electron chi connectivity index (χ4n) is 3.13. The summed E-state index contributed by atoms with van der Waals surface area (Å²) in [5, 5.41) is 3.18. The highest BCUT2D eigenvalue weighted by Crippen LogP contribution is 2.25. The number of nitrogens with one attached hydrogen (secondary N) is 1. The lowest BCUT2D eigenvalue weighted by Crippen LogP contribution is -2.41. The maximum absolute atomic E-state index is 11.9. The van der Waals surface area contributed by atoms with Crippen molar-refractivity contribution in [2.24, 2.45) is 0 Å². The smallest absolute Gasteiger partial charge is 0.236 e. The van der Waals surface area contributed by atoms with E-state index in [9.17, 15) is 4.79 Å². The zero-order valence-corrected chi connectivity index (χ0v) is 15.6. The minimum Gasteiger partial charge on any atom is -0.348 e. The molecule has 26 heavy (non-hydrogen) atoms. The summed E-state index contributed by atoms with van der Waals surface area (Å²) < 4.78 is 0. The molecule has 2 aromatic heterocycles. The molecule has 1 saturated heterocycles. The molecule has 1 aliphatic rings. The lowest BCUT2D eigenvalue weighted by Gasteiger charge is -2.32. The normalized spacial score (nSPS) is 17.7. The maximum Gasteiger partial charge on any atom is 0.236 e. The van der Waals surface area contributed by atoms with Gasteiger partial charge in [-0.1, -0.05) is 6.07 Å². The maximum atomic E-state index is 11.9. The molecule has 3 rings (SSSR count). The number of amides is 1. The van der Waals surface area contributed by atoms with Crippen molar-refractivity contribution in [2.45, 2.75) is 25.7 Å². The van der Waals surface area contributed by atoms with Crippen LogP contribution in [-0.2, 0) is 4.79 Å². The zero-order valence-electron chi connectivity index (χ0n) is 15.6. The highest BCUT2D eigenvalue weighted by atomic mass is 16.2. The third-order valence-corrected chi connectivity index (χ3v) is 4.60. The van der Waals surface area contributed by atoms with Gasteiger partial charge in [0.15, 0.2) is 0 Å². The van der Waals surface area contributed by atoms with Gasteiger partial charge in [-0.25, -0.2) is 9.97 Å². The Morgan fingerprint density at radius 2 is 2.12 bits per heavy atom. The number of nitrogens with zero attached hydrogens (tertiary/aromatic N) is 5. The number of likely N-dealkylation sites (tertiary alicyclic amines) is 1. The summed E-state index contributed by atoms with van der Waals surface area (Å²) in [5.74, 6) is 1.90. The van der Waals surface area contributed by atoms with Gasteiger partial charge >= 0.3 is 0 Å². The molecule has 7 heteroatoms. The largest absolute Gasteiger partial charge is 0.348 e. The highest BCUT2D eigenvalue weighted by molar-refractivity contribution is 5.77. The predicted octanol–water partition coefficient (Wildman–Crippen LogP) is 2.19. The number of anilines is 2. The van der Waals surface area contributed by atoms with Crippen LogP contribution in [-0.4, -0.2) is 64.4 Å². The number of carbonyl (C=O) groups is 1. The summed E-state index contributed by atoms with van der Waals surface area (Å²) in [4.78, 5) is 29.3. The molecule has 1 N–H and O–H groups in total. The first-order chi connectivity index (χ1) is 12.5. The average Bonchev–Trinajstić information content (AvgIpc) is 2.62. The molecule has 0 bridgehead atoms. The van der Waals surface area contributed by atoms with Crippen LogP contribution in [0.5, 0.6) is 0 Å². The van der Waals surface area contributed by atoms with Crippen LogP contribution in [0.2, 0.25) is 0 Å². The standard InChI is InChI=1S/C19H26N6O/c1-14-6-4-8-17(22-14)23-18-11-20-16(10-21-18)15-7-5-9-25(12-15)13-19(26)24(2)3/h4,6,8,10-11,15H,5,7,9,12-13H2,1-3H3,(H,21,22,23)/t15-/m1/s1. The Balaban J connectivity index is 1.61. The third-order valence-electron chi connectivity index (χ3n) is 4.60. The molecule has 1 amide bonds. The predicted molar refractivity (Wildman–Crippen MR) is 101 cm³/mol. The third kappa shape index (κ3) is 4.76. The van der Waals surface area contributed by atoms with Gasteiger partial charge in [-0.3, -0.25) is 14.7 Å². The quantitative estimate of drug-likeness (QED) is 0.887. The van der Waals surface area contributed by atoms with Crippen molar-refractivity contribution >= 4 is 17.5 Å². The molecule has 1 aliphatic heterocycles. The van der Waals surface area contributed by atoms with E-state index in [1.165, 1.54) is 0 Å². The fourth-order valence-corrected chi connectivity index (χ4v) is 3.13. The van der Waals surface area contributed by atoms with Gasteiger partial charge in [0.05, 0.1) is 24.6 Å². The van der Waals surface area contributed by atoms with Crippen molar-refractivity contribution in [1.82, 2.24) is 24.8 Å². The van der Waals surface area contributed by atoms with E-state index in [-0.39, 0.29) is 5.91 Å². The van der Waals surface area contributed by atoms with E-state index in [2.05, 4.69) is 25.2 Å². The van der Waals surface area contributed by atoms with Crippen molar-refractivity contribution in [2.75, 3.05) is 39.0 Å². The van der Waals surface area contributed by atoms with E-state index in [4.69, 9.17) is 0 Å². The number of hydrogen-bond acceptors (Lipinski definition) is 6. The first kappa shape index (κ1) is 18.3. The molecule has 7 nitrogen and oxygen atoms in total. The van der Waals surface area contributed by atoms with Crippen molar-refractivity contribution in [3.63, 3.8) is 0 Å². The number of likely N-dealkylation sites (N-methyl/N-ethyl adjacent to an activating group) is 1. The van der Waals surface area contributed by atoms with Crippen LogP contribution in [0, 0.1) is 6.92 Å². The Morgan fingerprint density at radius 3 is 2.81 bits per heavy atom. The molecule has 0 spiro atoms. The SMILES string of the molecule is Cc1cccc(Nc2cnc([C@@H]3CCCN(CC(=O)N(C)C)C3)cn2)n1. The number of carbonyl (C=O) groups excluding carboxylic acids is 1. The summed E-state index contributed by atoms with van der Waals surface area (Å²) in [6.45, 7) is 4.23. The van der Waals surface area contributed by atoms with Crippen molar-refractivity contribution < 1.29 is 4.79 Å². The highest BCUT2D eigenvalue weighted by Gasteiger charge is 2.24. The molecule has 0 aromatic carbocycles. The number of hydrogen-bond donors (Lipinski definition) is 1. The minimum atomic E-state index is 0.141. The van der Waals surface area contributed by atoms with E-state index in [0.29, 0.717) is 18.3 Å². The van der Waals surface area contributed by atoms with Gasteiger partial charge in [-0.05, 0) is 38.4 Å². The Morgan fingerprint density at radius 1 is 1.27 bits per heavy atom. The number of aromatic nitrogens is 3. The second-order valence-corrected chi connectivity index (χ2v) is 6.98. The number of piperidine rings is 1. The van der Waals surface area contributed by atoms with Crippen molar-refractivity contribution in [3.05, 3.63) is 42.0 Å². The van der Waals surface area contributed by atoms with Crippen LogP contribution < -0.4 is 5.32 Å². The van der Waals surface area contributed by atoms with Crippen LogP contribution in [0.3, 0.4) is 0 Å². The zero-order chi connectivity index (χ0) is 18.5. The lowest BCUT2D eigenvalue weighted by atomic mass is 9.95. The molecule has 1 atom stereocenters. The van der Waals surface area contributed by atoms with Gasteiger partial charge in [0.1, 0.15) is 11.6 Å². The van der Waals surface area contributed by atoms with Gasteiger partial charge in [0.25, 0.3) is 0 Å². The summed E-state index contributed by atoms with van der Waals surface area (Å²) in [6.07, 6.45) is 5.73. The van der Waals surface area contributed by atoms with Gasteiger partial charge in [-0.2, -0.15) is 0 Å². The van der Waals surface area contributed by atoms with Crippen LogP contribution in [0.4, 0.5) is 11.6 Å². The molecule has 3 heterocycles. The van der Waals surface area contributed by atoms with E-state index in [1.807, 2.05) is 31.3 Å². The Bertz CT molecular complexity index is 746. The Hall–Kier alpha value is -2.54. The second kappa shape index (κ2) is 8.23. The fraction of sp³-hybridized carbons (Fsp3) is 0.474. The Kier molecular flexibility index (Phi) is 5.78. The number of aryl methyl sites for hydroxylation is 1. The molecular formula is C19H26N6O. The molecule has 138 valence electrons. The summed E-state index contributed by atoms with van der Waals surface area (Å²) >= 11 is 0. The van der Waals surface area contributed by atoms with Crippen LogP contribution in [0.1, 0.15) is 30.1 Å². The lowest BCUT2D eigenvalue weighted by molar-refractivity contribution is -0.130. The van der Waals surface area contributed by atoms with E-state index in [0.717, 1.165) is 43.1 Å². The molecule has 0 unspecified atom stereocenters. The first-order valence-corrected chi connectivity index (χ1v) is 8.96. The van der Waals surface area contributed by atoms with Crippen LogP contribution >= 0.6 is 0 Å². The van der Waals surface area contributed by atoms with Gasteiger partial charge in [0, 0.05) is 32.3 Å². The summed E-state index contributed by atoms with van der Waals surface area (Å²) in [5.41, 5.74) is 1.93. The molecule has 0 aliphatic carbocycles. The summed E-state index contributed by atoms with van der Waals surface area (Å²) in [6, 6.07) is 5.82. The average molecular weight is 354 g/mol. The van der Waals surface area contributed by atoms with Crippen LogP contribution in [0.25, 0.3) is 0 Å². The number of rotatable bonds is 5. The molecule has 1 fully saturated rings. The molecule has 2 aromatic rings. The van der Waals surface area contributed by atoms with Gasteiger partial charge < -0.3 is 10.2 Å². The van der Waals surface area contributed by atoms with Crippen LogP contribution in [0.15, 0.2) is 30.6 Å². The summed E-state index contributed by atoms with van der Waals surface area (Å²) in [7, 11) is 3.59. The van der Waals surface area contributed by atoms with Crippen molar-refractivity contribution in [1.29, 1.82) is 0 Å². The van der Waals surface area contributed by atoms with Crippen molar-refractivity contribution in [3.8, 4) is 0 Å². The van der Waals surface area contributed by atoms with E-state index in [1.54, 1.807) is 25.2 Å². The monoisotopic (exact) mass is 354 g/mol. The molecule has 0 radical (unpaired) electrons. The van der Waals surface area contributed by atoms with E-state index < -0.39 is 0 Å². The topological polar surface area (TPSA) is 74.2 Å². The van der Waals surface area contributed by atoms with E-state index >= 15 is 0 Å². The van der Waals surface area contributed by atoms with Gasteiger partial charge in [-0.15, -0.1) is 0 Å². The van der Waals surface area contributed by atoms with Gasteiger partial charge in [0.2, 0.25) is 5.91 Å².